The predicted molar refractivity (Wildman–Crippen MR) is 212 cm³/mol. The van der Waals surface area contributed by atoms with E-state index in [-0.39, 0.29) is 24.4 Å². The molecule has 0 bridgehead atoms. The van der Waals surface area contributed by atoms with Crippen molar-refractivity contribution in [2.45, 2.75) is 65.0 Å². The Labute approximate surface area is 322 Å². The molecule has 2 atom stereocenters. The van der Waals surface area contributed by atoms with Crippen molar-refractivity contribution in [3.63, 3.8) is 0 Å². The summed E-state index contributed by atoms with van der Waals surface area (Å²) >= 11 is 3.41. The highest BCUT2D eigenvalue weighted by Gasteiger charge is 2.30. The van der Waals surface area contributed by atoms with E-state index in [0.717, 1.165) is 38.1 Å². The van der Waals surface area contributed by atoms with Gasteiger partial charge in [-0.25, -0.2) is 14.6 Å². The summed E-state index contributed by atoms with van der Waals surface area (Å²) < 4.78 is 23.7. The number of rotatable bonds is 5. The number of hydrogen-bond donors (Lipinski definition) is 0. The fourth-order valence-corrected chi connectivity index (χ4v) is 6.01. The van der Waals surface area contributed by atoms with E-state index in [2.05, 4.69) is 40.2 Å². The highest BCUT2D eigenvalue weighted by Crippen LogP contribution is 2.27. The lowest BCUT2D eigenvalue weighted by atomic mass is 10.0. The molecule has 53 heavy (non-hydrogen) atoms. The fraction of sp³-hybridized carbons (Fsp3) is 0.372. The number of hydrogen-bond acceptors (Lipinski definition) is 7. The number of halogens is 1. The molecule has 0 aromatic heterocycles. The van der Waals surface area contributed by atoms with Crippen molar-refractivity contribution in [2.75, 3.05) is 39.4 Å². The molecule has 2 amide bonds. The molecule has 4 aromatic rings. The van der Waals surface area contributed by atoms with Crippen molar-refractivity contribution in [1.29, 1.82) is 0 Å². The Morgan fingerprint density at radius 1 is 0.623 bits per heavy atom. The third-order valence-electron chi connectivity index (χ3n) is 8.28. The maximum absolute atomic E-state index is 12.5. The van der Waals surface area contributed by atoms with E-state index in [9.17, 15) is 9.59 Å². The summed E-state index contributed by atoms with van der Waals surface area (Å²) in [5.41, 5.74) is 5.02. The van der Waals surface area contributed by atoms with Crippen molar-refractivity contribution < 1.29 is 28.5 Å². The summed E-state index contributed by atoms with van der Waals surface area (Å²) in [6, 6.07) is 36.4. The van der Waals surface area contributed by atoms with E-state index in [4.69, 9.17) is 23.9 Å². The normalized spacial score (nSPS) is 17.6. The van der Waals surface area contributed by atoms with Gasteiger partial charge in [0.2, 0.25) is 0 Å². The van der Waals surface area contributed by atoms with E-state index in [0.29, 0.717) is 39.4 Å². The van der Waals surface area contributed by atoms with Crippen LogP contribution in [-0.4, -0.2) is 78.3 Å². The minimum absolute atomic E-state index is 0.0932. The van der Waals surface area contributed by atoms with Crippen LogP contribution in [0, 0.1) is 0 Å². The van der Waals surface area contributed by atoms with Gasteiger partial charge in [0.25, 0.3) is 0 Å². The molecule has 2 heterocycles. The highest BCUT2D eigenvalue weighted by atomic mass is 79.9. The number of carbonyl (C=O) groups excluding carboxylic acids is 2. The lowest BCUT2D eigenvalue weighted by molar-refractivity contribution is -0.0434. The largest absolute Gasteiger partial charge is 0.444 e. The summed E-state index contributed by atoms with van der Waals surface area (Å²) in [5, 5.41) is 0. The SMILES string of the molecule is CC(C)(C)OC(=O)N1CCO[C@@H](c2ccc(Br)cc2)C1.CC(C)(C)OC(=O)N1CCO[C@@H](c2ccc(N=C(c3ccccc3)c3ccccc3)cc2)C1. The Morgan fingerprint density at radius 3 is 1.42 bits per heavy atom. The molecule has 0 saturated carbocycles. The van der Waals surface area contributed by atoms with Gasteiger partial charge in [0.05, 0.1) is 37.7 Å². The Balaban J connectivity index is 0.000000231. The number of amides is 2. The van der Waals surface area contributed by atoms with Crippen molar-refractivity contribution >= 4 is 39.5 Å². The molecule has 0 spiro atoms. The molecular formula is C43H50BrN3O6. The van der Waals surface area contributed by atoms with Gasteiger partial charge < -0.3 is 28.7 Å². The van der Waals surface area contributed by atoms with Gasteiger partial charge in [-0.3, -0.25) is 0 Å². The predicted octanol–water partition coefficient (Wildman–Crippen LogP) is 9.92. The lowest BCUT2D eigenvalue weighted by Gasteiger charge is -2.34. The Kier molecular flexibility index (Phi) is 13.5. The molecule has 4 aromatic carbocycles. The van der Waals surface area contributed by atoms with Gasteiger partial charge in [-0.1, -0.05) is 101 Å². The summed E-state index contributed by atoms with van der Waals surface area (Å²) in [6.45, 7) is 14.4. The van der Waals surface area contributed by atoms with Crippen molar-refractivity contribution in [3.05, 3.63) is 136 Å². The summed E-state index contributed by atoms with van der Waals surface area (Å²) in [4.78, 5) is 32.9. The minimum Gasteiger partial charge on any atom is -0.444 e. The van der Waals surface area contributed by atoms with Crippen LogP contribution in [0.15, 0.2) is 119 Å². The van der Waals surface area contributed by atoms with Crippen molar-refractivity contribution in [3.8, 4) is 0 Å². The average Bonchev–Trinajstić information content (AvgIpc) is 3.14. The molecule has 2 saturated heterocycles. The second-order valence-corrected chi connectivity index (χ2v) is 15.8. The van der Waals surface area contributed by atoms with Crippen LogP contribution in [0.5, 0.6) is 0 Å². The zero-order valence-electron chi connectivity index (χ0n) is 31.5. The molecule has 2 aliphatic rings. The highest BCUT2D eigenvalue weighted by molar-refractivity contribution is 9.10. The van der Waals surface area contributed by atoms with E-state index in [1.54, 1.807) is 9.80 Å². The molecule has 280 valence electrons. The van der Waals surface area contributed by atoms with Crippen LogP contribution in [0.25, 0.3) is 0 Å². The van der Waals surface area contributed by atoms with E-state index in [1.807, 2.05) is 126 Å². The fourth-order valence-electron chi connectivity index (χ4n) is 5.74. The van der Waals surface area contributed by atoms with E-state index < -0.39 is 11.2 Å². The first kappa shape index (κ1) is 39.7. The van der Waals surface area contributed by atoms with Crippen LogP contribution in [0.4, 0.5) is 15.3 Å². The number of morpholine rings is 2. The second-order valence-electron chi connectivity index (χ2n) is 14.9. The van der Waals surface area contributed by atoms with E-state index in [1.165, 1.54) is 0 Å². The Morgan fingerprint density at radius 2 is 1.02 bits per heavy atom. The van der Waals surface area contributed by atoms with Crippen LogP contribution in [0.2, 0.25) is 0 Å². The number of aliphatic imine (C=N–C) groups is 1. The summed E-state index contributed by atoms with van der Waals surface area (Å²) in [5.74, 6) is 0. The van der Waals surface area contributed by atoms with Crippen LogP contribution in [-0.2, 0) is 18.9 Å². The van der Waals surface area contributed by atoms with Crippen molar-refractivity contribution in [1.82, 2.24) is 9.80 Å². The van der Waals surface area contributed by atoms with Gasteiger partial charge in [-0.05, 0) is 76.9 Å². The molecule has 9 nitrogen and oxygen atoms in total. The molecule has 10 heteroatoms. The molecule has 6 rings (SSSR count). The summed E-state index contributed by atoms with van der Waals surface area (Å²) in [7, 11) is 0. The maximum atomic E-state index is 12.5. The lowest BCUT2D eigenvalue weighted by Crippen LogP contribution is -2.44. The van der Waals surface area contributed by atoms with E-state index >= 15 is 0 Å². The number of nitrogens with zero attached hydrogens (tertiary/aromatic N) is 3. The molecular weight excluding hydrogens is 734 g/mol. The maximum Gasteiger partial charge on any atom is 0.410 e. The number of benzene rings is 4. The smallest absolute Gasteiger partial charge is 0.410 e. The first-order valence-corrected chi connectivity index (χ1v) is 18.8. The number of ether oxygens (including phenoxy) is 4. The minimum atomic E-state index is -0.514. The molecule has 0 radical (unpaired) electrons. The zero-order chi connectivity index (χ0) is 38.0. The van der Waals surface area contributed by atoms with Crippen molar-refractivity contribution in [2.24, 2.45) is 4.99 Å². The van der Waals surface area contributed by atoms with Crippen LogP contribution in [0.3, 0.4) is 0 Å². The third kappa shape index (κ3) is 12.3. The van der Waals surface area contributed by atoms with Gasteiger partial charge >= 0.3 is 12.2 Å². The standard InChI is InChI=1S/C28H30N2O3.C15H20BrNO3/c1-28(2,3)33-27(31)30-18-19-32-25(20-30)21-14-16-24(17-15-21)29-26(22-10-6-4-7-11-22)23-12-8-5-9-13-23;1-15(2,3)20-14(18)17-8-9-19-13(10-17)11-4-6-12(16)7-5-11/h4-17,25H,18-20H2,1-3H3;4-7,13H,8-10H2,1-3H3/t25-;13-/m11/s1. The summed E-state index contributed by atoms with van der Waals surface area (Å²) in [6.07, 6.45) is -0.855. The van der Waals surface area contributed by atoms with Gasteiger partial charge in [-0.2, -0.15) is 0 Å². The quantitative estimate of drug-likeness (QED) is 0.187. The molecule has 0 N–H and O–H groups in total. The van der Waals surface area contributed by atoms with Gasteiger partial charge in [0, 0.05) is 28.7 Å². The molecule has 2 aliphatic heterocycles. The third-order valence-corrected chi connectivity index (χ3v) is 8.81. The average molecular weight is 785 g/mol. The van der Waals surface area contributed by atoms with Gasteiger partial charge in [-0.15, -0.1) is 0 Å². The first-order chi connectivity index (χ1) is 25.2. The first-order valence-electron chi connectivity index (χ1n) is 18.0. The Hall–Kier alpha value is -4.51. The van der Waals surface area contributed by atoms with Gasteiger partial charge in [0.1, 0.15) is 23.4 Å². The van der Waals surface area contributed by atoms with Crippen LogP contribution < -0.4 is 0 Å². The number of carbonyl (C=O) groups is 2. The second kappa shape index (κ2) is 18.0. The monoisotopic (exact) mass is 783 g/mol. The Bertz CT molecular complexity index is 1760. The molecule has 0 aliphatic carbocycles. The molecule has 0 unspecified atom stereocenters. The van der Waals surface area contributed by atoms with Crippen LogP contribution >= 0.6 is 15.9 Å². The van der Waals surface area contributed by atoms with Gasteiger partial charge in [0.15, 0.2) is 0 Å². The molecule has 2 fully saturated rings. The topological polar surface area (TPSA) is 89.9 Å². The zero-order valence-corrected chi connectivity index (χ0v) is 33.0. The van der Waals surface area contributed by atoms with Crippen LogP contribution in [0.1, 0.15) is 76.0 Å².